The first-order valence-electron chi connectivity index (χ1n) is 7.00. The molecule has 0 amide bonds. The van der Waals surface area contributed by atoms with Gasteiger partial charge in [-0.3, -0.25) is 0 Å². The lowest BCUT2D eigenvalue weighted by Crippen LogP contribution is -2.53. The molecule has 0 aromatic heterocycles. The Kier molecular flexibility index (Phi) is 3.32. The lowest BCUT2D eigenvalue weighted by Gasteiger charge is -2.42. The average molecular weight is 230 g/mol. The molecule has 2 fully saturated rings. The fourth-order valence-corrected chi connectivity index (χ4v) is 3.36. The minimum absolute atomic E-state index is 0.714. The summed E-state index contributed by atoms with van der Waals surface area (Å²) in [6.07, 6.45) is 6.75. The van der Waals surface area contributed by atoms with Gasteiger partial charge in [-0.25, -0.2) is 0 Å². The molecule has 17 heavy (non-hydrogen) atoms. The number of rotatable bonds is 1. The first-order valence-corrected chi connectivity index (χ1v) is 7.00. The maximum atomic E-state index is 3.74. The van der Waals surface area contributed by atoms with Crippen LogP contribution in [-0.4, -0.2) is 25.2 Å². The lowest BCUT2D eigenvalue weighted by molar-refractivity contribution is 0.350. The number of nitrogens with one attached hydrogen (secondary N) is 1. The summed E-state index contributed by atoms with van der Waals surface area (Å²) in [5.74, 6) is 0. The third-order valence-electron chi connectivity index (χ3n) is 4.20. The van der Waals surface area contributed by atoms with Gasteiger partial charge in [0.25, 0.3) is 0 Å². The number of fused-ring (bicyclic) bond motifs is 1. The molecule has 2 atom stereocenters. The molecule has 2 aliphatic heterocycles. The Morgan fingerprint density at radius 1 is 1.00 bits per heavy atom. The normalized spacial score (nSPS) is 29.5. The van der Waals surface area contributed by atoms with E-state index in [1.165, 1.54) is 50.9 Å². The van der Waals surface area contributed by atoms with Crippen LogP contribution in [0.15, 0.2) is 30.3 Å². The van der Waals surface area contributed by atoms with Gasteiger partial charge in [-0.1, -0.05) is 24.6 Å². The number of anilines is 1. The van der Waals surface area contributed by atoms with Crippen molar-refractivity contribution >= 4 is 5.69 Å². The zero-order valence-electron chi connectivity index (χ0n) is 10.4. The van der Waals surface area contributed by atoms with Gasteiger partial charge < -0.3 is 10.2 Å². The molecule has 0 bridgehead atoms. The zero-order chi connectivity index (χ0) is 11.5. The van der Waals surface area contributed by atoms with E-state index in [1.54, 1.807) is 0 Å². The molecule has 1 N–H and O–H groups in total. The molecule has 0 radical (unpaired) electrons. The highest BCUT2D eigenvalue weighted by Crippen LogP contribution is 2.29. The van der Waals surface area contributed by atoms with Crippen molar-refractivity contribution in [1.29, 1.82) is 0 Å². The highest BCUT2D eigenvalue weighted by atomic mass is 15.2. The van der Waals surface area contributed by atoms with Crippen molar-refractivity contribution in [3.63, 3.8) is 0 Å². The maximum absolute atomic E-state index is 3.74. The molecule has 2 aliphatic rings. The summed E-state index contributed by atoms with van der Waals surface area (Å²) >= 11 is 0. The van der Waals surface area contributed by atoms with E-state index >= 15 is 0 Å². The van der Waals surface area contributed by atoms with Gasteiger partial charge in [-0.2, -0.15) is 0 Å². The predicted molar refractivity (Wildman–Crippen MR) is 72.5 cm³/mol. The molecule has 0 aliphatic carbocycles. The molecule has 3 rings (SSSR count). The van der Waals surface area contributed by atoms with E-state index in [1.807, 2.05) is 0 Å². The fraction of sp³-hybridized carbons (Fsp3) is 0.600. The lowest BCUT2D eigenvalue weighted by atomic mass is 9.93. The topological polar surface area (TPSA) is 15.3 Å². The van der Waals surface area contributed by atoms with Crippen LogP contribution < -0.4 is 10.2 Å². The summed E-state index contributed by atoms with van der Waals surface area (Å²) in [5.41, 5.74) is 1.41. The van der Waals surface area contributed by atoms with Crippen LogP contribution in [0.3, 0.4) is 0 Å². The second-order valence-electron chi connectivity index (χ2n) is 5.29. The Bertz CT molecular complexity index is 349. The molecule has 2 unspecified atom stereocenters. The number of piperidine rings is 1. The summed E-state index contributed by atoms with van der Waals surface area (Å²) in [6, 6.07) is 12.4. The molecule has 1 aromatic rings. The van der Waals surface area contributed by atoms with Gasteiger partial charge in [-0.15, -0.1) is 0 Å². The molecule has 2 nitrogen and oxygen atoms in total. The van der Waals surface area contributed by atoms with Gasteiger partial charge in [0.15, 0.2) is 0 Å². The Labute approximate surface area is 104 Å². The molecule has 2 saturated heterocycles. The second kappa shape index (κ2) is 5.09. The van der Waals surface area contributed by atoms with Gasteiger partial charge in [0.1, 0.15) is 0 Å². The van der Waals surface area contributed by atoms with E-state index in [2.05, 4.69) is 40.5 Å². The predicted octanol–water partition coefficient (Wildman–Crippen LogP) is 2.80. The third kappa shape index (κ3) is 2.32. The maximum Gasteiger partial charge on any atom is 0.0443 e. The van der Waals surface area contributed by atoms with Crippen molar-refractivity contribution in [2.45, 2.75) is 44.2 Å². The molecule has 2 heteroatoms. The summed E-state index contributed by atoms with van der Waals surface area (Å²) in [6.45, 7) is 2.44. The zero-order valence-corrected chi connectivity index (χ0v) is 10.4. The van der Waals surface area contributed by atoms with Crippen molar-refractivity contribution < 1.29 is 0 Å². The van der Waals surface area contributed by atoms with E-state index < -0.39 is 0 Å². The quantitative estimate of drug-likeness (QED) is 0.798. The van der Waals surface area contributed by atoms with Crippen molar-refractivity contribution in [2.75, 3.05) is 18.0 Å². The largest absolute Gasteiger partial charge is 0.367 e. The van der Waals surface area contributed by atoms with Crippen LogP contribution in [0.25, 0.3) is 0 Å². The highest BCUT2D eigenvalue weighted by molar-refractivity contribution is 5.48. The van der Waals surface area contributed by atoms with Gasteiger partial charge >= 0.3 is 0 Å². The van der Waals surface area contributed by atoms with E-state index in [0.717, 1.165) is 0 Å². The van der Waals surface area contributed by atoms with Crippen LogP contribution >= 0.6 is 0 Å². The number of para-hydroxylation sites is 1. The van der Waals surface area contributed by atoms with Crippen LogP contribution in [0.1, 0.15) is 32.1 Å². The SMILES string of the molecule is c1ccc(N2CCCC3NCCCCC32)cc1. The van der Waals surface area contributed by atoms with Gasteiger partial charge in [0, 0.05) is 24.3 Å². The van der Waals surface area contributed by atoms with E-state index in [9.17, 15) is 0 Å². The third-order valence-corrected chi connectivity index (χ3v) is 4.20. The number of benzene rings is 1. The summed E-state index contributed by atoms with van der Waals surface area (Å²) in [5, 5.41) is 3.74. The van der Waals surface area contributed by atoms with Crippen molar-refractivity contribution in [3.05, 3.63) is 30.3 Å². The van der Waals surface area contributed by atoms with E-state index in [-0.39, 0.29) is 0 Å². The Morgan fingerprint density at radius 2 is 1.88 bits per heavy atom. The molecule has 1 aromatic carbocycles. The molecule has 92 valence electrons. The first-order chi connectivity index (χ1) is 8.45. The Balaban J connectivity index is 1.83. The summed E-state index contributed by atoms with van der Waals surface area (Å²) in [7, 11) is 0. The van der Waals surface area contributed by atoms with Gasteiger partial charge in [-0.05, 0) is 44.4 Å². The second-order valence-corrected chi connectivity index (χ2v) is 5.29. The van der Waals surface area contributed by atoms with Crippen molar-refractivity contribution in [3.8, 4) is 0 Å². The first kappa shape index (κ1) is 11.1. The summed E-state index contributed by atoms with van der Waals surface area (Å²) < 4.78 is 0. The Hall–Kier alpha value is -1.02. The summed E-state index contributed by atoms with van der Waals surface area (Å²) in [4.78, 5) is 2.63. The average Bonchev–Trinajstić information content (AvgIpc) is 2.64. The molecule has 2 heterocycles. The molecular formula is C15H22N2. The standard InChI is InChI=1S/C15H22N2/c1-2-7-13(8-3-1)17-12-6-9-14-15(17)10-4-5-11-16-14/h1-3,7-8,14-16H,4-6,9-12H2. The van der Waals surface area contributed by atoms with Crippen LogP contribution in [0.4, 0.5) is 5.69 Å². The van der Waals surface area contributed by atoms with Crippen molar-refractivity contribution in [2.24, 2.45) is 0 Å². The van der Waals surface area contributed by atoms with Crippen LogP contribution in [0.2, 0.25) is 0 Å². The number of hydrogen-bond donors (Lipinski definition) is 1. The van der Waals surface area contributed by atoms with Gasteiger partial charge in [0.05, 0.1) is 0 Å². The molecular weight excluding hydrogens is 208 g/mol. The van der Waals surface area contributed by atoms with Crippen LogP contribution in [0, 0.1) is 0 Å². The van der Waals surface area contributed by atoms with Crippen molar-refractivity contribution in [1.82, 2.24) is 5.32 Å². The molecule has 0 saturated carbocycles. The molecule has 0 spiro atoms. The Morgan fingerprint density at radius 3 is 2.76 bits per heavy atom. The van der Waals surface area contributed by atoms with Crippen LogP contribution in [-0.2, 0) is 0 Å². The number of nitrogens with zero attached hydrogens (tertiary/aromatic N) is 1. The monoisotopic (exact) mass is 230 g/mol. The van der Waals surface area contributed by atoms with Crippen LogP contribution in [0.5, 0.6) is 0 Å². The van der Waals surface area contributed by atoms with E-state index in [0.29, 0.717) is 12.1 Å². The minimum Gasteiger partial charge on any atom is -0.367 e. The minimum atomic E-state index is 0.714. The van der Waals surface area contributed by atoms with Gasteiger partial charge in [0.2, 0.25) is 0 Å². The highest BCUT2D eigenvalue weighted by Gasteiger charge is 2.31. The smallest absolute Gasteiger partial charge is 0.0443 e. The fourth-order valence-electron chi connectivity index (χ4n) is 3.36. The number of hydrogen-bond acceptors (Lipinski definition) is 2. The van der Waals surface area contributed by atoms with E-state index in [4.69, 9.17) is 0 Å².